The van der Waals surface area contributed by atoms with E-state index in [2.05, 4.69) is 9.88 Å². The molecule has 0 radical (unpaired) electrons. The van der Waals surface area contributed by atoms with E-state index in [1.807, 2.05) is 41.3 Å². The van der Waals surface area contributed by atoms with E-state index in [9.17, 15) is 4.79 Å². The van der Waals surface area contributed by atoms with E-state index in [0.717, 1.165) is 42.9 Å². The molecule has 3 heterocycles. The number of carbonyl (C=O) groups is 1. The number of aromatic nitrogens is 1. The molecule has 1 unspecified atom stereocenters. The molecule has 2 fully saturated rings. The van der Waals surface area contributed by atoms with Gasteiger partial charge in [0.1, 0.15) is 0 Å². The first kappa shape index (κ1) is 16.1. The normalized spacial score (nSPS) is 21.0. The van der Waals surface area contributed by atoms with Crippen molar-refractivity contribution < 1.29 is 4.79 Å². The standard InChI is InChI=1S/C20H24N4O/c21-18-5-1-10-22-19(18)15-6-8-16(9-7-15)20(25)24-13-3-12-23-11-2-4-17(23)14-24/h1,5-10,17H,2-4,11-14,21H2. The van der Waals surface area contributed by atoms with Gasteiger partial charge in [-0.05, 0) is 50.1 Å². The van der Waals surface area contributed by atoms with Gasteiger partial charge in [0.2, 0.25) is 0 Å². The van der Waals surface area contributed by atoms with Crippen molar-refractivity contribution in [1.29, 1.82) is 0 Å². The van der Waals surface area contributed by atoms with Crippen LogP contribution < -0.4 is 5.73 Å². The van der Waals surface area contributed by atoms with Gasteiger partial charge >= 0.3 is 0 Å². The number of amides is 1. The Balaban J connectivity index is 1.51. The highest BCUT2D eigenvalue weighted by molar-refractivity contribution is 5.95. The number of nitrogens with two attached hydrogens (primary N) is 1. The molecule has 0 saturated carbocycles. The molecule has 0 spiro atoms. The molecule has 2 aromatic rings. The van der Waals surface area contributed by atoms with Crippen LogP contribution in [0.1, 0.15) is 29.6 Å². The van der Waals surface area contributed by atoms with Gasteiger partial charge in [-0.2, -0.15) is 0 Å². The van der Waals surface area contributed by atoms with Gasteiger partial charge in [0.05, 0.1) is 11.4 Å². The SMILES string of the molecule is Nc1cccnc1-c1ccc(C(=O)N2CCCN3CCCC3C2)cc1. The molecule has 0 aliphatic carbocycles. The molecule has 5 heteroatoms. The number of benzene rings is 1. The van der Waals surface area contributed by atoms with Gasteiger partial charge in [-0.1, -0.05) is 12.1 Å². The van der Waals surface area contributed by atoms with Gasteiger partial charge in [-0.25, -0.2) is 0 Å². The van der Waals surface area contributed by atoms with Crippen molar-refractivity contribution in [3.63, 3.8) is 0 Å². The van der Waals surface area contributed by atoms with Crippen LogP contribution in [0.5, 0.6) is 0 Å². The number of anilines is 1. The second-order valence-electron chi connectivity index (χ2n) is 6.96. The minimum atomic E-state index is 0.134. The van der Waals surface area contributed by atoms with Gasteiger partial charge < -0.3 is 10.6 Å². The fourth-order valence-corrected chi connectivity index (χ4v) is 4.00. The average molecular weight is 336 g/mol. The number of pyridine rings is 1. The van der Waals surface area contributed by atoms with E-state index < -0.39 is 0 Å². The summed E-state index contributed by atoms with van der Waals surface area (Å²) in [4.78, 5) is 21.8. The van der Waals surface area contributed by atoms with Crippen molar-refractivity contribution in [2.45, 2.75) is 25.3 Å². The van der Waals surface area contributed by atoms with Gasteiger partial charge in [0, 0.05) is 43.0 Å². The molecule has 1 amide bonds. The Bertz CT molecular complexity index is 759. The molecule has 1 aromatic carbocycles. The molecule has 0 bridgehead atoms. The highest BCUT2D eigenvalue weighted by Gasteiger charge is 2.30. The molecule has 4 rings (SSSR count). The van der Waals surface area contributed by atoms with Crippen LogP contribution in [0.15, 0.2) is 42.6 Å². The molecule has 1 atom stereocenters. The maximum atomic E-state index is 12.9. The third-order valence-electron chi connectivity index (χ3n) is 5.33. The summed E-state index contributed by atoms with van der Waals surface area (Å²) >= 11 is 0. The van der Waals surface area contributed by atoms with Crippen molar-refractivity contribution in [2.24, 2.45) is 0 Å². The van der Waals surface area contributed by atoms with Crippen molar-refractivity contribution >= 4 is 11.6 Å². The van der Waals surface area contributed by atoms with E-state index in [1.165, 1.54) is 19.4 Å². The number of rotatable bonds is 2. The van der Waals surface area contributed by atoms with E-state index >= 15 is 0 Å². The molecule has 2 aliphatic heterocycles. The predicted molar refractivity (Wildman–Crippen MR) is 99.2 cm³/mol. The second-order valence-corrected chi connectivity index (χ2v) is 6.96. The third-order valence-corrected chi connectivity index (χ3v) is 5.33. The van der Waals surface area contributed by atoms with Crippen molar-refractivity contribution in [3.05, 3.63) is 48.2 Å². The van der Waals surface area contributed by atoms with Gasteiger partial charge in [0.15, 0.2) is 0 Å². The summed E-state index contributed by atoms with van der Waals surface area (Å²) in [5.74, 6) is 0.134. The third kappa shape index (κ3) is 3.24. The molecule has 2 N–H and O–H groups in total. The molecule has 5 nitrogen and oxygen atoms in total. The number of nitrogen functional groups attached to an aromatic ring is 1. The van der Waals surface area contributed by atoms with E-state index in [1.54, 1.807) is 6.20 Å². The Morgan fingerprint density at radius 3 is 2.68 bits per heavy atom. The van der Waals surface area contributed by atoms with Gasteiger partial charge in [-0.15, -0.1) is 0 Å². The first-order valence-electron chi connectivity index (χ1n) is 9.06. The Hall–Kier alpha value is -2.40. The molecule has 2 saturated heterocycles. The van der Waals surface area contributed by atoms with E-state index in [4.69, 9.17) is 5.73 Å². The Morgan fingerprint density at radius 2 is 1.88 bits per heavy atom. The van der Waals surface area contributed by atoms with Crippen LogP contribution in [-0.2, 0) is 0 Å². The predicted octanol–water partition coefficient (Wildman–Crippen LogP) is 2.64. The zero-order valence-electron chi connectivity index (χ0n) is 14.4. The van der Waals surface area contributed by atoms with E-state index in [-0.39, 0.29) is 5.91 Å². The largest absolute Gasteiger partial charge is 0.397 e. The highest BCUT2D eigenvalue weighted by atomic mass is 16.2. The second kappa shape index (κ2) is 6.84. The van der Waals surface area contributed by atoms with Crippen molar-refractivity contribution in [1.82, 2.24) is 14.8 Å². The quantitative estimate of drug-likeness (QED) is 0.916. The molecular formula is C20H24N4O. The first-order valence-corrected chi connectivity index (χ1v) is 9.06. The molecule has 25 heavy (non-hydrogen) atoms. The van der Waals surface area contributed by atoms with E-state index in [0.29, 0.717) is 11.7 Å². The summed E-state index contributed by atoms with van der Waals surface area (Å²) in [6, 6.07) is 11.9. The van der Waals surface area contributed by atoms with Crippen LogP contribution in [0.25, 0.3) is 11.3 Å². The van der Waals surface area contributed by atoms with Crippen molar-refractivity contribution in [2.75, 3.05) is 31.9 Å². The monoisotopic (exact) mass is 336 g/mol. The lowest BCUT2D eigenvalue weighted by Gasteiger charge is -2.25. The van der Waals surface area contributed by atoms with Gasteiger partial charge in [-0.3, -0.25) is 14.7 Å². The number of fused-ring (bicyclic) bond motifs is 1. The zero-order valence-corrected chi connectivity index (χ0v) is 14.4. The average Bonchev–Trinajstić information content (AvgIpc) is 2.98. The minimum Gasteiger partial charge on any atom is -0.397 e. The summed E-state index contributed by atoms with van der Waals surface area (Å²) < 4.78 is 0. The highest BCUT2D eigenvalue weighted by Crippen LogP contribution is 2.25. The number of hydrogen-bond acceptors (Lipinski definition) is 4. The summed E-state index contributed by atoms with van der Waals surface area (Å²) in [7, 11) is 0. The number of nitrogens with zero attached hydrogens (tertiary/aromatic N) is 3. The fraction of sp³-hybridized carbons (Fsp3) is 0.400. The van der Waals surface area contributed by atoms with Crippen LogP contribution in [-0.4, -0.2) is 52.9 Å². The first-order chi connectivity index (χ1) is 12.2. The smallest absolute Gasteiger partial charge is 0.253 e. The lowest BCUT2D eigenvalue weighted by Crippen LogP contribution is -2.39. The molecule has 130 valence electrons. The Labute approximate surface area is 148 Å². The van der Waals surface area contributed by atoms with Crippen LogP contribution in [0.4, 0.5) is 5.69 Å². The van der Waals surface area contributed by atoms with Crippen LogP contribution in [0.3, 0.4) is 0 Å². The molecule has 1 aromatic heterocycles. The lowest BCUT2D eigenvalue weighted by molar-refractivity contribution is 0.0743. The Morgan fingerprint density at radius 1 is 1.08 bits per heavy atom. The molecule has 2 aliphatic rings. The minimum absolute atomic E-state index is 0.134. The zero-order chi connectivity index (χ0) is 17.2. The fourth-order valence-electron chi connectivity index (χ4n) is 4.00. The summed E-state index contributed by atoms with van der Waals surface area (Å²) in [6.45, 7) is 4.01. The number of carbonyl (C=O) groups excluding carboxylic acids is 1. The van der Waals surface area contributed by atoms with Crippen molar-refractivity contribution in [3.8, 4) is 11.3 Å². The summed E-state index contributed by atoms with van der Waals surface area (Å²) in [5, 5.41) is 0. The summed E-state index contributed by atoms with van der Waals surface area (Å²) in [5.41, 5.74) is 9.08. The summed E-state index contributed by atoms with van der Waals surface area (Å²) in [6.07, 6.45) is 5.26. The van der Waals surface area contributed by atoms with Crippen LogP contribution in [0.2, 0.25) is 0 Å². The van der Waals surface area contributed by atoms with Gasteiger partial charge in [0.25, 0.3) is 5.91 Å². The topological polar surface area (TPSA) is 62.5 Å². The number of hydrogen-bond donors (Lipinski definition) is 1. The molecular weight excluding hydrogens is 312 g/mol. The Kier molecular flexibility index (Phi) is 4.40. The lowest BCUT2D eigenvalue weighted by atomic mass is 10.1. The van der Waals surface area contributed by atoms with Crippen LogP contribution in [0, 0.1) is 0 Å². The van der Waals surface area contributed by atoms with Crippen LogP contribution >= 0.6 is 0 Å². The maximum absolute atomic E-state index is 12.9. The maximum Gasteiger partial charge on any atom is 0.253 e.